The van der Waals surface area contributed by atoms with E-state index < -0.39 is 0 Å². The maximum absolute atomic E-state index is 12.6. The van der Waals surface area contributed by atoms with Crippen LogP contribution in [0.5, 0.6) is 0 Å². The van der Waals surface area contributed by atoms with Crippen molar-refractivity contribution in [3.63, 3.8) is 0 Å². The lowest BCUT2D eigenvalue weighted by Gasteiger charge is -2.19. The van der Waals surface area contributed by atoms with Gasteiger partial charge < -0.3 is 9.64 Å². The van der Waals surface area contributed by atoms with Crippen LogP contribution in [0.15, 0.2) is 48.8 Å². The molecule has 0 saturated heterocycles. The van der Waals surface area contributed by atoms with Crippen LogP contribution in [-0.2, 0) is 4.74 Å². The number of amides is 1. The maximum Gasteiger partial charge on any atom is 0.254 e. The largest absolute Gasteiger partial charge is 0.385 e. The number of rotatable bonds is 6. The molecule has 2 rings (SSSR count). The molecule has 2 aromatic rings. The molecule has 1 amide bonds. The summed E-state index contributed by atoms with van der Waals surface area (Å²) in [5, 5.41) is 0. The lowest BCUT2D eigenvalue weighted by molar-refractivity contribution is 0.0780. The fraction of sp³-hybridized carbons (Fsp3) is 0.294. The molecule has 0 radical (unpaired) electrons. The Morgan fingerprint density at radius 2 is 2.05 bits per heavy atom. The average molecular weight is 284 g/mol. The highest BCUT2D eigenvalue weighted by molar-refractivity contribution is 6.00. The lowest BCUT2D eigenvalue weighted by atomic mass is 10.0. The number of methoxy groups -OCH3 is 1. The summed E-state index contributed by atoms with van der Waals surface area (Å²) in [7, 11) is 3.48. The van der Waals surface area contributed by atoms with E-state index in [-0.39, 0.29) is 5.91 Å². The van der Waals surface area contributed by atoms with Gasteiger partial charge in [0, 0.05) is 50.8 Å². The Morgan fingerprint density at radius 3 is 2.76 bits per heavy atom. The predicted molar refractivity (Wildman–Crippen MR) is 83.1 cm³/mol. The van der Waals surface area contributed by atoms with Crippen molar-refractivity contribution < 1.29 is 9.53 Å². The molecule has 1 aromatic heterocycles. The minimum absolute atomic E-state index is 0.0190. The van der Waals surface area contributed by atoms with E-state index >= 15 is 0 Å². The van der Waals surface area contributed by atoms with Gasteiger partial charge in [0.05, 0.1) is 0 Å². The quantitative estimate of drug-likeness (QED) is 0.766. The maximum atomic E-state index is 12.6. The zero-order valence-electron chi connectivity index (χ0n) is 12.5. The van der Waals surface area contributed by atoms with Crippen LogP contribution in [0.3, 0.4) is 0 Å². The third kappa shape index (κ3) is 3.89. The molecule has 1 heterocycles. The van der Waals surface area contributed by atoms with E-state index in [9.17, 15) is 4.79 Å². The monoisotopic (exact) mass is 284 g/mol. The number of nitrogens with zero attached hydrogens (tertiary/aromatic N) is 2. The first-order valence-electron chi connectivity index (χ1n) is 6.98. The van der Waals surface area contributed by atoms with Gasteiger partial charge in [-0.2, -0.15) is 0 Å². The zero-order valence-corrected chi connectivity index (χ0v) is 12.5. The number of hydrogen-bond acceptors (Lipinski definition) is 3. The van der Waals surface area contributed by atoms with Crippen molar-refractivity contribution >= 4 is 5.91 Å². The number of carbonyl (C=O) groups excluding carboxylic acids is 1. The summed E-state index contributed by atoms with van der Waals surface area (Å²) in [6, 6.07) is 11.5. The van der Waals surface area contributed by atoms with Crippen molar-refractivity contribution in [2.45, 2.75) is 6.42 Å². The molecule has 4 nitrogen and oxygen atoms in total. The first kappa shape index (κ1) is 15.2. The molecule has 1 aromatic carbocycles. The second kappa shape index (κ2) is 7.55. The van der Waals surface area contributed by atoms with Crippen molar-refractivity contribution in [2.75, 3.05) is 27.3 Å². The van der Waals surface area contributed by atoms with Crippen LogP contribution < -0.4 is 0 Å². The predicted octanol–water partition coefficient (Wildman–Crippen LogP) is 2.86. The Labute approximate surface area is 125 Å². The summed E-state index contributed by atoms with van der Waals surface area (Å²) in [5.74, 6) is 0.0190. The molecule has 0 aliphatic rings. The Kier molecular flexibility index (Phi) is 5.46. The summed E-state index contributed by atoms with van der Waals surface area (Å²) < 4.78 is 5.02. The van der Waals surface area contributed by atoms with Gasteiger partial charge in [-0.3, -0.25) is 9.78 Å². The Morgan fingerprint density at radius 1 is 1.24 bits per heavy atom. The van der Waals surface area contributed by atoms with E-state index in [1.807, 2.05) is 43.4 Å². The van der Waals surface area contributed by atoms with E-state index in [0.717, 1.165) is 17.5 Å². The Bertz CT molecular complexity index is 584. The van der Waals surface area contributed by atoms with Crippen LogP contribution in [0.4, 0.5) is 0 Å². The Hall–Kier alpha value is -2.20. The van der Waals surface area contributed by atoms with Crippen LogP contribution in [0.25, 0.3) is 11.1 Å². The smallest absolute Gasteiger partial charge is 0.254 e. The third-order valence-electron chi connectivity index (χ3n) is 3.32. The molecule has 0 saturated carbocycles. The number of pyridine rings is 1. The van der Waals surface area contributed by atoms with Gasteiger partial charge in [0.1, 0.15) is 0 Å². The molecular formula is C17H20N2O2. The topological polar surface area (TPSA) is 42.4 Å². The number of carbonyl (C=O) groups is 1. The fourth-order valence-corrected chi connectivity index (χ4v) is 2.20. The van der Waals surface area contributed by atoms with E-state index in [2.05, 4.69) is 4.98 Å². The molecule has 0 spiro atoms. The molecular weight excluding hydrogens is 264 g/mol. The lowest BCUT2D eigenvalue weighted by Crippen LogP contribution is -2.28. The van der Waals surface area contributed by atoms with Gasteiger partial charge in [0.15, 0.2) is 0 Å². The average Bonchev–Trinajstić information content (AvgIpc) is 2.55. The van der Waals surface area contributed by atoms with Crippen LogP contribution >= 0.6 is 0 Å². The molecule has 0 unspecified atom stereocenters. The van der Waals surface area contributed by atoms with Gasteiger partial charge >= 0.3 is 0 Å². The van der Waals surface area contributed by atoms with Gasteiger partial charge in [-0.05, 0) is 24.1 Å². The minimum atomic E-state index is 0.0190. The second-order valence-corrected chi connectivity index (χ2v) is 4.86. The normalized spacial score (nSPS) is 10.4. The van der Waals surface area contributed by atoms with Crippen LogP contribution in [-0.4, -0.2) is 43.1 Å². The van der Waals surface area contributed by atoms with Crippen LogP contribution in [0.2, 0.25) is 0 Å². The third-order valence-corrected chi connectivity index (χ3v) is 3.32. The van der Waals surface area contributed by atoms with Crippen molar-refractivity contribution in [1.82, 2.24) is 9.88 Å². The van der Waals surface area contributed by atoms with Crippen molar-refractivity contribution in [1.29, 1.82) is 0 Å². The Balaban J connectivity index is 2.22. The first-order chi connectivity index (χ1) is 10.2. The zero-order chi connectivity index (χ0) is 15.1. The summed E-state index contributed by atoms with van der Waals surface area (Å²) in [6.45, 7) is 1.33. The van der Waals surface area contributed by atoms with Gasteiger partial charge in [0.2, 0.25) is 0 Å². The summed E-state index contributed by atoms with van der Waals surface area (Å²) >= 11 is 0. The molecule has 0 aliphatic heterocycles. The van der Waals surface area contributed by atoms with Crippen molar-refractivity contribution in [3.8, 4) is 11.1 Å². The van der Waals surface area contributed by atoms with Crippen LogP contribution in [0.1, 0.15) is 16.8 Å². The minimum Gasteiger partial charge on any atom is -0.385 e. The molecule has 0 aliphatic carbocycles. The van der Waals surface area contributed by atoms with Crippen molar-refractivity contribution in [2.24, 2.45) is 0 Å². The van der Waals surface area contributed by atoms with E-state index in [1.54, 1.807) is 24.4 Å². The second-order valence-electron chi connectivity index (χ2n) is 4.86. The van der Waals surface area contributed by atoms with Crippen LogP contribution in [0, 0.1) is 0 Å². The van der Waals surface area contributed by atoms with Crippen molar-refractivity contribution in [3.05, 3.63) is 54.4 Å². The van der Waals surface area contributed by atoms with Gasteiger partial charge in [0.25, 0.3) is 5.91 Å². The number of ether oxygens (including phenoxy) is 1. The van der Waals surface area contributed by atoms with E-state index in [0.29, 0.717) is 18.7 Å². The number of aromatic nitrogens is 1. The SMILES string of the molecule is COCCCN(C)C(=O)c1ccccc1-c1cccnc1. The number of benzene rings is 1. The molecule has 0 bridgehead atoms. The highest BCUT2D eigenvalue weighted by Crippen LogP contribution is 2.23. The summed E-state index contributed by atoms with van der Waals surface area (Å²) in [4.78, 5) is 18.5. The van der Waals surface area contributed by atoms with Gasteiger partial charge in [-0.15, -0.1) is 0 Å². The molecule has 0 atom stereocenters. The first-order valence-corrected chi connectivity index (χ1v) is 6.98. The summed E-state index contributed by atoms with van der Waals surface area (Å²) in [6.07, 6.45) is 4.33. The van der Waals surface area contributed by atoms with E-state index in [4.69, 9.17) is 4.74 Å². The molecule has 110 valence electrons. The van der Waals surface area contributed by atoms with E-state index in [1.165, 1.54) is 0 Å². The molecule has 0 N–H and O–H groups in total. The molecule has 4 heteroatoms. The molecule has 0 fully saturated rings. The highest BCUT2D eigenvalue weighted by atomic mass is 16.5. The standard InChI is InChI=1S/C17H20N2O2/c1-19(11-6-12-21-2)17(20)16-9-4-3-8-15(16)14-7-5-10-18-13-14/h3-5,7-10,13H,6,11-12H2,1-2H3. The fourth-order valence-electron chi connectivity index (χ4n) is 2.20. The van der Waals surface area contributed by atoms with Gasteiger partial charge in [-0.1, -0.05) is 24.3 Å². The van der Waals surface area contributed by atoms with Gasteiger partial charge in [-0.25, -0.2) is 0 Å². The highest BCUT2D eigenvalue weighted by Gasteiger charge is 2.16. The summed E-state index contributed by atoms with van der Waals surface area (Å²) in [5.41, 5.74) is 2.56. The molecule has 21 heavy (non-hydrogen) atoms. The number of hydrogen-bond donors (Lipinski definition) is 0.